The number of anilines is 1. The molecule has 1 atom stereocenters. The Hall–Kier alpha value is -1.69. The van der Waals surface area contributed by atoms with Gasteiger partial charge in [0.15, 0.2) is 6.10 Å². The van der Waals surface area contributed by atoms with E-state index in [2.05, 4.69) is 34.0 Å². The molecule has 0 aromatic carbocycles. The van der Waals surface area contributed by atoms with Crippen molar-refractivity contribution in [3.63, 3.8) is 0 Å². The third-order valence-corrected chi connectivity index (χ3v) is 3.11. The van der Waals surface area contributed by atoms with Crippen LogP contribution in [-0.4, -0.2) is 48.7 Å². The SMILES string of the molecule is CNC(=O)C1CN(c2ccnc(C(C)C)n2)CCO1. The smallest absolute Gasteiger partial charge is 0.250 e. The van der Waals surface area contributed by atoms with Gasteiger partial charge < -0.3 is 15.0 Å². The lowest BCUT2D eigenvalue weighted by atomic mass is 10.2. The molecule has 0 aliphatic carbocycles. The van der Waals surface area contributed by atoms with E-state index in [1.165, 1.54) is 0 Å². The first-order valence-corrected chi connectivity index (χ1v) is 6.53. The number of rotatable bonds is 3. The van der Waals surface area contributed by atoms with Crippen LogP contribution in [0.2, 0.25) is 0 Å². The number of hydrogen-bond donors (Lipinski definition) is 1. The lowest BCUT2D eigenvalue weighted by Gasteiger charge is -2.32. The number of nitrogens with zero attached hydrogens (tertiary/aromatic N) is 3. The number of carbonyl (C=O) groups is 1. The lowest BCUT2D eigenvalue weighted by molar-refractivity contribution is -0.132. The van der Waals surface area contributed by atoms with Gasteiger partial charge in [-0.1, -0.05) is 13.8 Å². The number of carbonyl (C=O) groups excluding carboxylic acids is 1. The second-order valence-corrected chi connectivity index (χ2v) is 4.85. The molecule has 0 radical (unpaired) electrons. The van der Waals surface area contributed by atoms with Crippen LogP contribution in [0.15, 0.2) is 12.3 Å². The molecule has 19 heavy (non-hydrogen) atoms. The van der Waals surface area contributed by atoms with Gasteiger partial charge >= 0.3 is 0 Å². The highest BCUT2D eigenvalue weighted by Crippen LogP contribution is 2.17. The van der Waals surface area contributed by atoms with Crippen molar-refractivity contribution in [2.75, 3.05) is 31.6 Å². The molecule has 1 aliphatic heterocycles. The highest BCUT2D eigenvalue weighted by Gasteiger charge is 2.26. The first-order valence-electron chi connectivity index (χ1n) is 6.53. The molecule has 1 aromatic rings. The Bertz CT molecular complexity index is 450. The van der Waals surface area contributed by atoms with Crippen LogP contribution >= 0.6 is 0 Å². The van der Waals surface area contributed by atoms with Gasteiger partial charge in [-0.2, -0.15) is 0 Å². The molecule has 0 bridgehead atoms. The molecule has 1 amide bonds. The molecule has 2 heterocycles. The van der Waals surface area contributed by atoms with E-state index < -0.39 is 6.10 Å². The molecule has 0 spiro atoms. The van der Waals surface area contributed by atoms with Crippen molar-refractivity contribution in [2.45, 2.75) is 25.9 Å². The predicted octanol–water partition coefficient (Wildman–Crippen LogP) is 0.551. The van der Waals surface area contributed by atoms with Crippen molar-refractivity contribution in [2.24, 2.45) is 0 Å². The summed E-state index contributed by atoms with van der Waals surface area (Å²) < 4.78 is 5.46. The molecule has 104 valence electrons. The van der Waals surface area contributed by atoms with E-state index in [1.807, 2.05) is 6.07 Å². The fraction of sp³-hybridized carbons (Fsp3) is 0.615. The highest BCUT2D eigenvalue weighted by molar-refractivity contribution is 5.81. The first kappa shape index (κ1) is 13.7. The Kier molecular flexibility index (Phi) is 4.31. The van der Waals surface area contributed by atoms with Gasteiger partial charge in [0.25, 0.3) is 5.91 Å². The van der Waals surface area contributed by atoms with Crippen LogP contribution in [0, 0.1) is 0 Å². The first-order chi connectivity index (χ1) is 9.11. The molecule has 1 unspecified atom stereocenters. The van der Waals surface area contributed by atoms with E-state index in [9.17, 15) is 4.79 Å². The summed E-state index contributed by atoms with van der Waals surface area (Å²) >= 11 is 0. The largest absolute Gasteiger partial charge is 0.365 e. The summed E-state index contributed by atoms with van der Waals surface area (Å²) in [7, 11) is 1.62. The molecule has 1 fully saturated rings. The van der Waals surface area contributed by atoms with Gasteiger partial charge in [0, 0.05) is 25.7 Å². The van der Waals surface area contributed by atoms with E-state index in [-0.39, 0.29) is 11.8 Å². The van der Waals surface area contributed by atoms with Crippen LogP contribution in [0.1, 0.15) is 25.6 Å². The Balaban J connectivity index is 2.13. The zero-order valence-electron chi connectivity index (χ0n) is 11.6. The molecule has 0 saturated carbocycles. The van der Waals surface area contributed by atoms with E-state index in [0.29, 0.717) is 13.2 Å². The summed E-state index contributed by atoms with van der Waals surface area (Å²) in [5.74, 6) is 1.87. The third kappa shape index (κ3) is 3.20. The van der Waals surface area contributed by atoms with Crippen LogP contribution in [0.5, 0.6) is 0 Å². The minimum absolute atomic E-state index is 0.0946. The normalized spacial score (nSPS) is 19.6. The van der Waals surface area contributed by atoms with Gasteiger partial charge in [-0.15, -0.1) is 0 Å². The number of ether oxygens (including phenoxy) is 1. The van der Waals surface area contributed by atoms with Gasteiger partial charge in [0.05, 0.1) is 13.2 Å². The van der Waals surface area contributed by atoms with Crippen molar-refractivity contribution in [1.82, 2.24) is 15.3 Å². The maximum Gasteiger partial charge on any atom is 0.250 e. The molecule has 1 aromatic heterocycles. The summed E-state index contributed by atoms with van der Waals surface area (Å²) in [6.07, 6.45) is 1.33. The number of hydrogen-bond acceptors (Lipinski definition) is 5. The summed E-state index contributed by atoms with van der Waals surface area (Å²) in [6.45, 7) is 5.91. The number of morpholine rings is 1. The second-order valence-electron chi connectivity index (χ2n) is 4.85. The molecular weight excluding hydrogens is 244 g/mol. The number of aromatic nitrogens is 2. The van der Waals surface area contributed by atoms with Crippen LogP contribution in [0.4, 0.5) is 5.82 Å². The molecule has 6 nitrogen and oxygen atoms in total. The van der Waals surface area contributed by atoms with Gasteiger partial charge in [0.1, 0.15) is 11.6 Å². The second kappa shape index (κ2) is 5.97. The maximum absolute atomic E-state index is 11.6. The maximum atomic E-state index is 11.6. The number of amides is 1. The fourth-order valence-electron chi connectivity index (χ4n) is 2.00. The average molecular weight is 264 g/mol. The summed E-state index contributed by atoms with van der Waals surface area (Å²) in [4.78, 5) is 22.5. The van der Waals surface area contributed by atoms with Gasteiger partial charge in [-0.25, -0.2) is 9.97 Å². The quantitative estimate of drug-likeness (QED) is 0.863. The van der Waals surface area contributed by atoms with Gasteiger partial charge in [-0.05, 0) is 6.07 Å². The molecule has 2 rings (SSSR count). The number of likely N-dealkylation sites (N-methyl/N-ethyl adjacent to an activating group) is 1. The van der Waals surface area contributed by atoms with Crippen molar-refractivity contribution >= 4 is 11.7 Å². The standard InChI is InChI=1S/C13H20N4O2/c1-9(2)12-15-5-4-11(16-12)17-6-7-19-10(8-17)13(18)14-3/h4-5,9-10H,6-8H2,1-3H3,(H,14,18). The van der Waals surface area contributed by atoms with E-state index in [0.717, 1.165) is 18.2 Å². The summed E-state index contributed by atoms with van der Waals surface area (Å²) in [5.41, 5.74) is 0. The Labute approximate surface area is 113 Å². The monoisotopic (exact) mass is 264 g/mol. The van der Waals surface area contributed by atoms with Crippen LogP contribution in [0.3, 0.4) is 0 Å². The molecule has 1 aliphatic rings. The van der Waals surface area contributed by atoms with E-state index in [4.69, 9.17) is 4.74 Å². The van der Waals surface area contributed by atoms with Crippen molar-refractivity contribution in [3.8, 4) is 0 Å². The van der Waals surface area contributed by atoms with Gasteiger partial charge in [0.2, 0.25) is 0 Å². The summed E-state index contributed by atoms with van der Waals surface area (Å²) in [5, 5.41) is 2.61. The van der Waals surface area contributed by atoms with Crippen molar-refractivity contribution in [1.29, 1.82) is 0 Å². The van der Waals surface area contributed by atoms with E-state index >= 15 is 0 Å². The van der Waals surface area contributed by atoms with Crippen LogP contribution < -0.4 is 10.2 Å². The van der Waals surface area contributed by atoms with Crippen molar-refractivity contribution < 1.29 is 9.53 Å². The Morgan fingerprint density at radius 1 is 1.58 bits per heavy atom. The zero-order valence-corrected chi connectivity index (χ0v) is 11.6. The van der Waals surface area contributed by atoms with Crippen LogP contribution in [0.25, 0.3) is 0 Å². The molecule has 1 saturated heterocycles. The summed E-state index contributed by atoms with van der Waals surface area (Å²) in [6, 6.07) is 1.87. The number of nitrogens with one attached hydrogen (secondary N) is 1. The lowest BCUT2D eigenvalue weighted by Crippen LogP contribution is -2.49. The average Bonchev–Trinajstić information content (AvgIpc) is 2.46. The molecule has 6 heteroatoms. The van der Waals surface area contributed by atoms with Crippen molar-refractivity contribution in [3.05, 3.63) is 18.1 Å². The topological polar surface area (TPSA) is 67.4 Å². The Morgan fingerprint density at radius 2 is 2.37 bits per heavy atom. The van der Waals surface area contributed by atoms with Crippen LogP contribution in [-0.2, 0) is 9.53 Å². The predicted molar refractivity (Wildman–Crippen MR) is 72.1 cm³/mol. The minimum atomic E-state index is -0.434. The Morgan fingerprint density at radius 3 is 3.05 bits per heavy atom. The zero-order chi connectivity index (χ0) is 13.8. The minimum Gasteiger partial charge on any atom is -0.365 e. The highest BCUT2D eigenvalue weighted by atomic mass is 16.5. The fourth-order valence-corrected chi connectivity index (χ4v) is 2.00. The molecular formula is C13H20N4O2. The van der Waals surface area contributed by atoms with E-state index in [1.54, 1.807) is 13.2 Å². The third-order valence-electron chi connectivity index (χ3n) is 3.11. The van der Waals surface area contributed by atoms with Gasteiger partial charge in [-0.3, -0.25) is 4.79 Å². The molecule has 1 N–H and O–H groups in total.